The maximum Gasteiger partial charge on any atom is 0.569 e. The summed E-state index contributed by atoms with van der Waals surface area (Å²) in [5.74, 6) is 0.451. The molecular weight excluding hydrogens is 150 g/mol. The zero-order valence-electron chi connectivity index (χ0n) is 5.12. The van der Waals surface area contributed by atoms with Crippen LogP contribution in [0.2, 0.25) is 5.02 Å². The minimum absolute atomic E-state index is 0.451. The van der Waals surface area contributed by atoms with E-state index in [1.54, 1.807) is 24.3 Å². The molecule has 0 amide bonds. The first-order valence-electron chi connectivity index (χ1n) is 2.71. The van der Waals surface area contributed by atoms with Gasteiger partial charge in [-0.15, -0.1) is 0 Å². The van der Waals surface area contributed by atoms with E-state index in [-0.39, 0.29) is 0 Å². The molecule has 1 rings (SSSR count). The highest BCUT2D eigenvalue weighted by Crippen LogP contribution is 2.22. The number of hydrogen-bond acceptors (Lipinski definition) is 2. The Kier molecular flexibility index (Phi) is 2.60. The molecule has 1 aromatic rings. The molecule has 0 atom stereocenters. The van der Waals surface area contributed by atoms with Crippen molar-refractivity contribution in [1.82, 2.24) is 0 Å². The summed E-state index contributed by atoms with van der Waals surface area (Å²) in [7, 11) is 0.598. The molecule has 0 aliphatic rings. The van der Waals surface area contributed by atoms with Crippen molar-refractivity contribution in [2.45, 2.75) is 0 Å². The second kappa shape index (κ2) is 3.49. The Labute approximate surface area is 64.7 Å². The summed E-state index contributed by atoms with van der Waals surface area (Å²) < 4.78 is 4.64. The fraction of sp³-hybridized carbons (Fsp3) is 0. The topological polar surface area (TPSA) is 29.5 Å². The van der Waals surface area contributed by atoms with Crippen molar-refractivity contribution in [2.75, 3.05) is 0 Å². The van der Waals surface area contributed by atoms with Crippen molar-refractivity contribution >= 4 is 19.3 Å². The largest absolute Gasteiger partial charge is 0.569 e. The summed E-state index contributed by atoms with van der Waals surface area (Å²) in [6, 6.07) is 6.90. The summed E-state index contributed by atoms with van der Waals surface area (Å²) in [6.07, 6.45) is 0. The standard InChI is InChI=1S/C6H5BClO2/c8-5-3-1-2-4-6(5)10-7-9/h1-4,9H. The molecule has 0 saturated heterocycles. The number of halogens is 1. The van der Waals surface area contributed by atoms with Crippen LogP contribution in [0.4, 0.5) is 0 Å². The molecule has 0 heterocycles. The van der Waals surface area contributed by atoms with E-state index in [2.05, 4.69) is 4.65 Å². The minimum Gasteiger partial charge on any atom is -0.536 e. The summed E-state index contributed by atoms with van der Waals surface area (Å²) in [6.45, 7) is 0. The summed E-state index contributed by atoms with van der Waals surface area (Å²) in [5.41, 5.74) is 0. The molecule has 0 aliphatic carbocycles. The van der Waals surface area contributed by atoms with E-state index in [1.807, 2.05) is 0 Å². The van der Waals surface area contributed by atoms with Crippen molar-refractivity contribution in [3.05, 3.63) is 29.3 Å². The van der Waals surface area contributed by atoms with Crippen LogP contribution in [0.25, 0.3) is 0 Å². The van der Waals surface area contributed by atoms with Gasteiger partial charge in [0.25, 0.3) is 0 Å². The number of benzene rings is 1. The van der Waals surface area contributed by atoms with Gasteiger partial charge in [0.1, 0.15) is 5.75 Å². The van der Waals surface area contributed by atoms with Crippen LogP contribution < -0.4 is 4.65 Å². The van der Waals surface area contributed by atoms with Crippen LogP contribution >= 0.6 is 11.6 Å². The first kappa shape index (κ1) is 7.44. The molecule has 1 aromatic carbocycles. The van der Waals surface area contributed by atoms with Crippen molar-refractivity contribution < 1.29 is 9.68 Å². The van der Waals surface area contributed by atoms with Crippen LogP contribution in [-0.2, 0) is 0 Å². The van der Waals surface area contributed by atoms with E-state index >= 15 is 0 Å². The number of hydrogen-bond donors (Lipinski definition) is 1. The molecular formula is C6H5BClO2. The first-order chi connectivity index (χ1) is 4.84. The molecule has 10 heavy (non-hydrogen) atoms. The van der Waals surface area contributed by atoms with Gasteiger partial charge in [-0.1, -0.05) is 23.7 Å². The molecule has 1 N–H and O–H groups in total. The third kappa shape index (κ3) is 1.66. The van der Waals surface area contributed by atoms with Gasteiger partial charge in [-0.05, 0) is 12.1 Å². The van der Waals surface area contributed by atoms with Crippen LogP contribution in [0, 0.1) is 0 Å². The molecule has 4 heteroatoms. The van der Waals surface area contributed by atoms with Crippen molar-refractivity contribution in [1.29, 1.82) is 0 Å². The summed E-state index contributed by atoms with van der Waals surface area (Å²) in [4.78, 5) is 0. The third-order valence-electron chi connectivity index (χ3n) is 1.02. The lowest BCUT2D eigenvalue weighted by molar-refractivity contribution is 0.454. The maximum absolute atomic E-state index is 8.24. The van der Waals surface area contributed by atoms with E-state index in [0.717, 1.165) is 0 Å². The second-order valence-electron chi connectivity index (χ2n) is 1.65. The Bertz CT molecular complexity index is 217. The Morgan fingerprint density at radius 3 is 2.70 bits per heavy atom. The van der Waals surface area contributed by atoms with Gasteiger partial charge in [0.05, 0.1) is 5.02 Å². The lowest BCUT2D eigenvalue weighted by Gasteiger charge is -2.01. The van der Waals surface area contributed by atoms with Gasteiger partial charge in [-0.2, -0.15) is 0 Å². The highest BCUT2D eigenvalue weighted by molar-refractivity contribution is 6.32. The van der Waals surface area contributed by atoms with Crippen molar-refractivity contribution in [2.24, 2.45) is 0 Å². The quantitative estimate of drug-likeness (QED) is 0.651. The molecule has 0 saturated carbocycles. The van der Waals surface area contributed by atoms with E-state index < -0.39 is 0 Å². The van der Waals surface area contributed by atoms with Crippen molar-refractivity contribution in [3.8, 4) is 5.75 Å². The molecule has 0 aliphatic heterocycles. The fourth-order valence-electron chi connectivity index (χ4n) is 0.597. The van der Waals surface area contributed by atoms with Crippen LogP contribution in [0.5, 0.6) is 5.75 Å². The van der Waals surface area contributed by atoms with Gasteiger partial charge in [0.15, 0.2) is 0 Å². The summed E-state index contributed by atoms with van der Waals surface area (Å²) in [5, 5.41) is 8.72. The van der Waals surface area contributed by atoms with E-state index in [1.165, 1.54) is 0 Å². The smallest absolute Gasteiger partial charge is 0.536 e. The molecule has 0 bridgehead atoms. The Morgan fingerprint density at radius 2 is 2.10 bits per heavy atom. The SMILES string of the molecule is O[B]Oc1ccccc1Cl. The predicted molar refractivity (Wildman–Crippen MR) is 40.1 cm³/mol. The monoisotopic (exact) mass is 155 g/mol. The van der Waals surface area contributed by atoms with Crippen LogP contribution in [-0.4, -0.2) is 12.7 Å². The van der Waals surface area contributed by atoms with Gasteiger partial charge in [-0.3, -0.25) is 0 Å². The predicted octanol–water partition coefficient (Wildman–Crippen LogP) is 1.25. The molecule has 2 nitrogen and oxygen atoms in total. The van der Waals surface area contributed by atoms with Gasteiger partial charge in [0.2, 0.25) is 0 Å². The zero-order chi connectivity index (χ0) is 7.40. The maximum atomic E-state index is 8.24. The molecule has 51 valence electrons. The fourth-order valence-corrected chi connectivity index (χ4v) is 0.777. The van der Waals surface area contributed by atoms with Gasteiger partial charge in [-0.25, -0.2) is 0 Å². The van der Waals surface area contributed by atoms with Crippen LogP contribution in [0.3, 0.4) is 0 Å². The molecule has 0 aromatic heterocycles. The van der Waals surface area contributed by atoms with Crippen LogP contribution in [0.15, 0.2) is 24.3 Å². The third-order valence-corrected chi connectivity index (χ3v) is 1.33. The van der Waals surface area contributed by atoms with E-state index in [9.17, 15) is 0 Å². The molecule has 1 radical (unpaired) electrons. The Hall–Kier alpha value is -0.665. The van der Waals surface area contributed by atoms with E-state index in [0.29, 0.717) is 18.5 Å². The summed E-state index contributed by atoms with van der Waals surface area (Å²) >= 11 is 5.65. The van der Waals surface area contributed by atoms with Gasteiger partial charge in [0, 0.05) is 0 Å². The minimum atomic E-state index is 0.451. The number of para-hydroxylation sites is 1. The van der Waals surface area contributed by atoms with Crippen LogP contribution in [0.1, 0.15) is 0 Å². The zero-order valence-corrected chi connectivity index (χ0v) is 5.88. The van der Waals surface area contributed by atoms with Crippen molar-refractivity contribution in [3.63, 3.8) is 0 Å². The highest BCUT2D eigenvalue weighted by Gasteiger charge is 1.97. The molecule has 0 unspecified atom stereocenters. The molecule has 0 fully saturated rings. The normalized spacial score (nSPS) is 9.00. The average molecular weight is 155 g/mol. The van der Waals surface area contributed by atoms with E-state index in [4.69, 9.17) is 16.6 Å². The lowest BCUT2D eigenvalue weighted by atomic mass is 10.3. The number of rotatable bonds is 2. The van der Waals surface area contributed by atoms with Gasteiger partial charge >= 0.3 is 7.69 Å². The molecule has 0 spiro atoms. The average Bonchev–Trinajstić information content (AvgIpc) is 1.94. The Balaban J connectivity index is 2.81. The van der Waals surface area contributed by atoms with Gasteiger partial charge < -0.3 is 9.68 Å². The Morgan fingerprint density at radius 1 is 1.40 bits per heavy atom. The lowest BCUT2D eigenvalue weighted by Crippen LogP contribution is -1.99. The first-order valence-corrected chi connectivity index (χ1v) is 3.09. The second-order valence-corrected chi connectivity index (χ2v) is 2.06. The highest BCUT2D eigenvalue weighted by atomic mass is 35.5.